The molecule has 108 valence electrons. The van der Waals surface area contributed by atoms with E-state index in [1.807, 2.05) is 4.90 Å². The number of hydrogen-bond acceptors (Lipinski definition) is 4. The number of nitrogens with zero attached hydrogens (tertiary/aromatic N) is 2. The summed E-state index contributed by atoms with van der Waals surface area (Å²) in [5.74, 6) is 0.0995. The maximum absolute atomic E-state index is 12.4. The van der Waals surface area contributed by atoms with E-state index in [4.69, 9.17) is 4.74 Å². The third-order valence-electron chi connectivity index (χ3n) is 3.98. The van der Waals surface area contributed by atoms with Crippen molar-refractivity contribution < 1.29 is 9.53 Å². The Hall–Kier alpha value is -1.46. The van der Waals surface area contributed by atoms with Gasteiger partial charge in [-0.05, 0) is 18.1 Å². The number of ether oxygens (including phenoxy) is 1. The number of pyridine rings is 1. The molecule has 0 radical (unpaired) electrons. The van der Waals surface area contributed by atoms with Gasteiger partial charge in [0.1, 0.15) is 6.10 Å². The standard InChI is InChI=1S/C15H21N3O2/c1-2-12-4-3-11-10-18(7-5-13(11)17-12)15(19)14-9-16-6-8-20-14/h3-4,14,16H,2,5-10H2,1H3. The number of aromatic nitrogens is 1. The van der Waals surface area contributed by atoms with Crippen molar-refractivity contribution in [2.45, 2.75) is 32.4 Å². The van der Waals surface area contributed by atoms with E-state index >= 15 is 0 Å². The molecule has 1 atom stereocenters. The average Bonchev–Trinajstić information content (AvgIpc) is 2.54. The molecule has 1 aromatic rings. The maximum Gasteiger partial charge on any atom is 0.253 e. The second kappa shape index (κ2) is 5.89. The molecule has 1 aromatic heterocycles. The van der Waals surface area contributed by atoms with E-state index in [1.165, 1.54) is 5.56 Å². The largest absolute Gasteiger partial charge is 0.366 e. The Morgan fingerprint density at radius 2 is 2.45 bits per heavy atom. The normalized spacial score (nSPS) is 22.4. The SMILES string of the molecule is CCc1ccc2c(n1)CCN(C(=O)C1CNCCO1)C2. The topological polar surface area (TPSA) is 54.5 Å². The third-order valence-corrected chi connectivity index (χ3v) is 3.98. The number of amides is 1. The fourth-order valence-electron chi connectivity index (χ4n) is 2.77. The Kier molecular flexibility index (Phi) is 3.98. The van der Waals surface area contributed by atoms with E-state index in [1.54, 1.807) is 0 Å². The second-order valence-electron chi connectivity index (χ2n) is 5.34. The molecular weight excluding hydrogens is 254 g/mol. The molecule has 0 bridgehead atoms. The van der Waals surface area contributed by atoms with Crippen LogP contribution >= 0.6 is 0 Å². The number of nitrogens with one attached hydrogen (secondary N) is 1. The van der Waals surface area contributed by atoms with Crippen molar-refractivity contribution in [2.24, 2.45) is 0 Å². The summed E-state index contributed by atoms with van der Waals surface area (Å²) in [6.07, 6.45) is 1.47. The summed E-state index contributed by atoms with van der Waals surface area (Å²) >= 11 is 0. The summed E-state index contributed by atoms with van der Waals surface area (Å²) in [4.78, 5) is 19.0. The van der Waals surface area contributed by atoms with Crippen LogP contribution in [0.5, 0.6) is 0 Å². The van der Waals surface area contributed by atoms with Crippen LogP contribution in [0, 0.1) is 0 Å². The van der Waals surface area contributed by atoms with Crippen LogP contribution < -0.4 is 5.32 Å². The van der Waals surface area contributed by atoms with Crippen LogP contribution in [-0.2, 0) is 28.9 Å². The van der Waals surface area contributed by atoms with Crippen molar-refractivity contribution in [3.05, 3.63) is 29.1 Å². The number of fused-ring (bicyclic) bond motifs is 1. The van der Waals surface area contributed by atoms with E-state index in [2.05, 4.69) is 29.4 Å². The van der Waals surface area contributed by atoms with E-state index in [-0.39, 0.29) is 12.0 Å². The summed E-state index contributed by atoms with van der Waals surface area (Å²) in [7, 11) is 0. The monoisotopic (exact) mass is 275 g/mol. The van der Waals surface area contributed by atoms with Gasteiger partial charge in [0, 0.05) is 44.0 Å². The zero-order chi connectivity index (χ0) is 13.9. The van der Waals surface area contributed by atoms with E-state index in [0.717, 1.165) is 37.3 Å². The molecular formula is C15H21N3O2. The molecule has 1 amide bonds. The average molecular weight is 275 g/mol. The van der Waals surface area contributed by atoms with Gasteiger partial charge >= 0.3 is 0 Å². The minimum Gasteiger partial charge on any atom is -0.366 e. The van der Waals surface area contributed by atoms with Crippen molar-refractivity contribution in [1.82, 2.24) is 15.2 Å². The predicted molar refractivity (Wildman–Crippen MR) is 75.3 cm³/mol. The lowest BCUT2D eigenvalue weighted by Crippen LogP contribution is -2.50. The van der Waals surface area contributed by atoms with Gasteiger partial charge < -0.3 is 15.0 Å². The first kappa shape index (κ1) is 13.5. The highest BCUT2D eigenvalue weighted by molar-refractivity contribution is 5.81. The molecule has 0 spiro atoms. The van der Waals surface area contributed by atoms with E-state index in [9.17, 15) is 4.79 Å². The molecule has 0 aromatic carbocycles. The van der Waals surface area contributed by atoms with Gasteiger partial charge in [0.15, 0.2) is 0 Å². The highest BCUT2D eigenvalue weighted by Crippen LogP contribution is 2.19. The van der Waals surface area contributed by atoms with Gasteiger partial charge in [0.25, 0.3) is 5.91 Å². The molecule has 3 rings (SSSR count). The smallest absolute Gasteiger partial charge is 0.253 e. The van der Waals surface area contributed by atoms with Gasteiger partial charge in [0.2, 0.25) is 0 Å². The molecule has 5 nitrogen and oxygen atoms in total. The molecule has 0 saturated carbocycles. The molecule has 0 aliphatic carbocycles. The molecule has 1 saturated heterocycles. The second-order valence-corrected chi connectivity index (χ2v) is 5.34. The molecule has 1 unspecified atom stereocenters. The zero-order valence-corrected chi connectivity index (χ0v) is 11.9. The summed E-state index contributed by atoms with van der Waals surface area (Å²) in [6.45, 7) is 5.57. The van der Waals surface area contributed by atoms with Gasteiger partial charge in [-0.3, -0.25) is 9.78 Å². The van der Waals surface area contributed by atoms with Gasteiger partial charge in [-0.2, -0.15) is 0 Å². The van der Waals surface area contributed by atoms with Crippen molar-refractivity contribution in [3.63, 3.8) is 0 Å². The Bertz CT molecular complexity index is 498. The Morgan fingerprint density at radius 3 is 3.20 bits per heavy atom. The molecule has 20 heavy (non-hydrogen) atoms. The minimum atomic E-state index is -0.326. The number of rotatable bonds is 2. The van der Waals surface area contributed by atoms with Crippen molar-refractivity contribution >= 4 is 5.91 Å². The first-order valence-corrected chi connectivity index (χ1v) is 7.36. The lowest BCUT2D eigenvalue weighted by atomic mass is 10.0. The number of aryl methyl sites for hydroxylation is 1. The zero-order valence-electron chi connectivity index (χ0n) is 11.9. The van der Waals surface area contributed by atoms with Crippen molar-refractivity contribution in [1.29, 1.82) is 0 Å². The lowest BCUT2D eigenvalue weighted by Gasteiger charge is -2.33. The van der Waals surface area contributed by atoms with Crippen molar-refractivity contribution in [2.75, 3.05) is 26.2 Å². The Morgan fingerprint density at radius 1 is 1.55 bits per heavy atom. The Labute approximate surface area is 119 Å². The molecule has 3 heterocycles. The van der Waals surface area contributed by atoms with E-state index in [0.29, 0.717) is 19.7 Å². The van der Waals surface area contributed by atoms with Gasteiger partial charge in [-0.25, -0.2) is 0 Å². The van der Waals surface area contributed by atoms with Crippen LogP contribution in [0.4, 0.5) is 0 Å². The minimum absolute atomic E-state index is 0.0995. The van der Waals surface area contributed by atoms with E-state index < -0.39 is 0 Å². The summed E-state index contributed by atoms with van der Waals surface area (Å²) < 4.78 is 5.55. The molecule has 2 aliphatic heterocycles. The van der Waals surface area contributed by atoms with Gasteiger partial charge in [0.05, 0.1) is 6.61 Å². The van der Waals surface area contributed by atoms with Gasteiger partial charge in [-0.1, -0.05) is 13.0 Å². The van der Waals surface area contributed by atoms with Crippen LogP contribution in [0.3, 0.4) is 0 Å². The molecule has 1 N–H and O–H groups in total. The fourth-order valence-corrected chi connectivity index (χ4v) is 2.77. The fraction of sp³-hybridized carbons (Fsp3) is 0.600. The number of carbonyl (C=O) groups excluding carboxylic acids is 1. The number of morpholine rings is 1. The molecule has 2 aliphatic rings. The third kappa shape index (κ3) is 2.69. The number of hydrogen-bond donors (Lipinski definition) is 1. The molecule has 1 fully saturated rings. The maximum atomic E-state index is 12.4. The highest BCUT2D eigenvalue weighted by Gasteiger charge is 2.29. The summed E-state index contributed by atoms with van der Waals surface area (Å²) in [5.41, 5.74) is 3.45. The first-order valence-electron chi connectivity index (χ1n) is 7.36. The lowest BCUT2D eigenvalue weighted by molar-refractivity contribution is -0.146. The first-order chi connectivity index (χ1) is 9.78. The Balaban J connectivity index is 1.70. The highest BCUT2D eigenvalue weighted by atomic mass is 16.5. The quantitative estimate of drug-likeness (QED) is 0.855. The van der Waals surface area contributed by atoms with Crippen LogP contribution in [0.15, 0.2) is 12.1 Å². The van der Waals surface area contributed by atoms with Crippen LogP contribution in [-0.4, -0.2) is 48.1 Å². The van der Waals surface area contributed by atoms with Gasteiger partial charge in [-0.15, -0.1) is 0 Å². The summed E-state index contributed by atoms with van der Waals surface area (Å²) in [6, 6.07) is 4.17. The van der Waals surface area contributed by atoms with Crippen LogP contribution in [0.25, 0.3) is 0 Å². The van der Waals surface area contributed by atoms with Crippen LogP contribution in [0.2, 0.25) is 0 Å². The summed E-state index contributed by atoms with van der Waals surface area (Å²) in [5, 5.41) is 3.20. The van der Waals surface area contributed by atoms with Crippen molar-refractivity contribution in [3.8, 4) is 0 Å². The number of carbonyl (C=O) groups is 1. The van der Waals surface area contributed by atoms with Crippen LogP contribution in [0.1, 0.15) is 23.9 Å². The predicted octanol–water partition coefficient (Wildman–Crippen LogP) is 0.517. The molecule has 5 heteroatoms.